The van der Waals surface area contributed by atoms with Gasteiger partial charge in [0, 0.05) is 12.1 Å². The second kappa shape index (κ2) is 6.65. The molecule has 0 aliphatic carbocycles. The van der Waals surface area contributed by atoms with Gasteiger partial charge in [-0.3, -0.25) is 0 Å². The van der Waals surface area contributed by atoms with E-state index in [0.717, 1.165) is 26.1 Å². The molecule has 0 saturated carbocycles. The second-order valence-electron chi connectivity index (χ2n) is 5.87. The largest absolute Gasteiger partial charge is 0.508 e. The summed E-state index contributed by atoms with van der Waals surface area (Å²) >= 11 is 1.58. The summed E-state index contributed by atoms with van der Waals surface area (Å²) in [6.07, 6.45) is 1.62. The quantitative estimate of drug-likeness (QED) is 0.407. The Bertz CT molecular complexity index is 1090. The number of phenolic OH excluding ortho intramolecular Hbond substituents is 2. The summed E-state index contributed by atoms with van der Waals surface area (Å²) in [6.45, 7) is 2.66. The van der Waals surface area contributed by atoms with Crippen molar-refractivity contribution in [3.05, 3.63) is 60.2 Å². The number of rotatable bonds is 4. The van der Waals surface area contributed by atoms with Gasteiger partial charge in [-0.05, 0) is 54.1 Å². The molecule has 2 N–H and O–H groups in total. The minimum absolute atomic E-state index is 0.146. The average molecular weight is 363 g/mol. The number of hydrazone groups is 1. The first-order chi connectivity index (χ1) is 12.6. The molecule has 0 aliphatic heterocycles. The van der Waals surface area contributed by atoms with E-state index in [1.54, 1.807) is 52.9 Å². The molecule has 0 atom stereocenters. The lowest BCUT2D eigenvalue weighted by molar-refractivity contribution is 0.473. The van der Waals surface area contributed by atoms with Gasteiger partial charge >= 0.3 is 0 Å². The van der Waals surface area contributed by atoms with E-state index >= 15 is 0 Å². The molecule has 1 aromatic heterocycles. The standard InChI is InChI=1S/C20H17N3O2S/c1-2-23(20-22-17-5-3-4-6-19(17)26-20)21-12-15-9-14-10-16(24)8-7-13(14)11-18(15)25/h3-12,24-25H,2H2,1H3/b21-12+. The maximum atomic E-state index is 10.3. The SMILES string of the molecule is CCN(/N=C/c1cc2cc(O)ccc2cc1O)c1nc2ccccc2s1. The summed E-state index contributed by atoms with van der Waals surface area (Å²) in [7, 11) is 0. The molecule has 26 heavy (non-hydrogen) atoms. The smallest absolute Gasteiger partial charge is 0.207 e. The molecular weight excluding hydrogens is 346 g/mol. The third kappa shape index (κ3) is 3.07. The Labute approximate surface area is 154 Å². The zero-order valence-corrected chi connectivity index (χ0v) is 14.9. The fourth-order valence-electron chi connectivity index (χ4n) is 2.76. The van der Waals surface area contributed by atoms with Gasteiger partial charge in [0.05, 0.1) is 16.4 Å². The molecule has 0 radical (unpaired) electrons. The number of hydrogen-bond acceptors (Lipinski definition) is 6. The Balaban J connectivity index is 1.68. The van der Waals surface area contributed by atoms with Crippen LogP contribution in [-0.2, 0) is 0 Å². The van der Waals surface area contributed by atoms with Gasteiger partial charge in [-0.15, -0.1) is 0 Å². The van der Waals surface area contributed by atoms with E-state index in [4.69, 9.17) is 0 Å². The number of nitrogens with zero attached hydrogens (tertiary/aromatic N) is 3. The summed E-state index contributed by atoms with van der Waals surface area (Å²) in [5, 5.41) is 28.7. The van der Waals surface area contributed by atoms with Gasteiger partial charge < -0.3 is 10.2 Å². The maximum Gasteiger partial charge on any atom is 0.207 e. The number of hydrogen-bond donors (Lipinski definition) is 2. The van der Waals surface area contributed by atoms with Crippen LogP contribution in [0.3, 0.4) is 0 Å². The van der Waals surface area contributed by atoms with Gasteiger partial charge in [0.25, 0.3) is 0 Å². The predicted octanol–water partition coefficient (Wildman–Crippen LogP) is 4.72. The maximum absolute atomic E-state index is 10.3. The van der Waals surface area contributed by atoms with Crippen LogP contribution < -0.4 is 5.01 Å². The Morgan fingerprint density at radius 3 is 2.73 bits per heavy atom. The molecule has 0 unspecified atom stereocenters. The fraction of sp³-hybridized carbons (Fsp3) is 0.100. The predicted molar refractivity (Wildman–Crippen MR) is 108 cm³/mol. The Hall–Kier alpha value is -3.12. The van der Waals surface area contributed by atoms with Crippen molar-refractivity contribution in [3.8, 4) is 11.5 Å². The monoisotopic (exact) mass is 363 g/mol. The molecule has 4 rings (SSSR count). The molecule has 0 saturated heterocycles. The molecule has 5 nitrogen and oxygen atoms in total. The summed E-state index contributed by atoms with van der Waals surface area (Å²) in [6, 6.07) is 16.5. The summed E-state index contributed by atoms with van der Waals surface area (Å²) in [5.74, 6) is 0.336. The molecule has 130 valence electrons. The molecule has 6 heteroatoms. The number of benzene rings is 3. The Kier molecular flexibility index (Phi) is 4.18. The van der Waals surface area contributed by atoms with Crippen molar-refractivity contribution in [3.63, 3.8) is 0 Å². The highest BCUT2D eigenvalue weighted by molar-refractivity contribution is 7.22. The first kappa shape index (κ1) is 16.4. The third-order valence-corrected chi connectivity index (χ3v) is 5.16. The van der Waals surface area contributed by atoms with E-state index in [1.807, 2.05) is 31.2 Å². The molecule has 4 aromatic rings. The highest BCUT2D eigenvalue weighted by Crippen LogP contribution is 2.29. The first-order valence-electron chi connectivity index (χ1n) is 8.27. The van der Waals surface area contributed by atoms with E-state index in [9.17, 15) is 10.2 Å². The minimum Gasteiger partial charge on any atom is -0.508 e. The summed E-state index contributed by atoms with van der Waals surface area (Å²) in [5.41, 5.74) is 1.54. The van der Waals surface area contributed by atoms with Gasteiger partial charge in [0.2, 0.25) is 5.13 Å². The van der Waals surface area contributed by atoms with Crippen LogP contribution in [0.25, 0.3) is 21.0 Å². The number of fused-ring (bicyclic) bond motifs is 2. The number of aromatic nitrogens is 1. The molecular formula is C20H17N3O2S. The van der Waals surface area contributed by atoms with Gasteiger partial charge in [0.1, 0.15) is 11.5 Å². The van der Waals surface area contributed by atoms with Gasteiger partial charge in [0.15, 0.2) is 0 Å². The van der Waals surface area contributed by atoms with E-state index in [0.29, 0.717) is 12.1 Å². The van der Waals surface area contributed by atoms with Crippen LogP contribution >= 0.6 is 11.3 Å². The van der Waals surface area contributed by atoms with Crippen LogP contribution in [0.2, 0.25) is 0 Å². The summed E-state index contributed by atoms with van der Waals surface area (Å²) in [4.78, 5) is 4.62. The normalized spacial score (nSPS) is 11.6. The van der Waals surface area contributed by atoms with Crippen LogP contribution in [0, 0.1) is 0 Å². The lowest BCUT2D eigenvalue weighted by Crippen LogP contribution is -2.15. The van der Waals surface area contributed by atoms with Crippen molar-refractivity contribution in [2.24, 2.45) is 5.10 Å². The molecule has 1 heterocycles. The van der Waals surface area contributed by atoms with Crippen molar-refractivity contribution in [2.45, 2.75) is 6.92 Å². The van der Waals surface area contributed by atoms with Crippen LogP contribution in [0.4, 0.5) is 5.13 Å². The minimum atomic E-state index is 0.146. The van der Waals surface area contributed by atoms with Crippen molar-refractivity contribution in [1.29, 1.82) is 0 Å². The van der Waals surface area contributed by atoms with Crippen LogP contribution in [0.1, 0.15) is 12.5 Å². The topological polar surface area (TPSA) is 69.0 Å². The zero-order chi connectivity index (χ0) is 18.1. The van der Waals surface area contributed by atoms with E-state index in [-0.39, 0.29) is 11.5 Å². The number of aromatic hydroxyl groups is 2. The molecule has 0 bridgehead atoms. The third-order valence-electron chi connectivity index (χ3n) is 4.11. The number of para-hydroxylation sites is 1. The van der Waals surface area contributed by atoms with Gasteiger partial charge in [-0.2, -0.15) is 5.10 Å². The van der Waals surface area contributed by atoms with Crippen LogP contribution in [-0.4, -0.2) is 28.0 Å². The molecule has 0 spiro atoms. The average Bonchev–Trinajstić information content (AvgIpc) is 3.06. The highest BCUT2D eigenvalue weighted by atomic mass is 32.1. The molecule has 0 fully saturated rings. The van der Waals surface area contributed by atoms with E-state index in [1.165, 1.54) is 0 Å². The number of thiazole rings is 1. The summed E-state index contributed by atoms with van der Waals surface area (Å²) < 4.78 is 1.11. The zero-order valence-electron chi connectivity index (χ0n) is 14.1. The highest BCUT2D eigenvalue weighted by Gasteiger charge is 2.10. The lowest BCUT2D eigenvalue weighted by Gasteiger charge is -2.12. The first-order valence-corrected chi connectivity index (χ1v) is 9.08. The van der Waals surface area contributed by atoms with E-state index < -0.39 is 0 Å². The van der Waals surface area contributed by atoms with Gasteiger partial charge in [-0.25, -0.2) is 9.99 Å². The van der Waals surface area contributed by atoms with E-state index in [2.05, 4.69) is 10.1 Å². The molecule has 3 aromatic carbocycles. The number of anilines is 1. The van der Waals surface area contributed by atoms with Crippen molar-refractivity contribution in [1.82, 2.24) is 4.98 Å². The Morgan fingerprint density at radius 1 is 1.08 bits per heavy atom. The van der Waals surface area contributed by atoms with Crippen molar-refractivity contribution < 1.29 is 10.2 Å². The second-order valence-corrected chi connectivity index (χ2v) is 6.88. The van der Waals surface area contributed by atoms with Crippen LogP contribution in [0.5, 0.6) is 11.5 Å². The van der Waals surface area contributed by atoms with Crippen molar-refractivity contribution >= 4 is 43.7 Å². The molecule has 0 amide bonds. The van der Waals surface area contributed by atoms with Crippen molar-refractivity contribution in [2.75, 3.05) is 11.6 Å². The van der Waals surface area contributed by atoms with Crippen LogP contribution in [0.15, 0.2) is 59.7 Å². The fourth-order valence-corrected chi connectivity index (χ4v) is 3.75. The van der Waals surface area contributed by atoms with Gasteiger partial charge in [-0.1, -0.05) is 29.5 Å². The lowest BCUT2D eigenvalue weighted by atomic mass is 10.1. The molecule has 0 aliphatic rings. The number of phenols is 2. The Morgan fingerprint density at radius 2 is 1.92 bits per heavy atom.